The minimum absolute atomic E-state index is 0.309. The zero-order chi connectivity index (χ0) is 14.8. The Kier molecular flexibility index (Phi) is 3.44. The minimum atomic E-state index is -0.309. The SMILES string of the molecule is COC(=O)c1ccc(-c2ccc3ccccc3c2C)cc1. The highest BCUT2D eigenvalue weighted by Gasteiger charge is 2.08. The van der Waals surface area contributed by atoms with Gasteiger partial charge in [-0.2, -0.15) is 0 Å². The zero-order valence-corrected chi connectivity index (χ0v) is 12.1. The van der Waals surface area contributed by atoms with E-state index in [1.807, 2.05) is 18.2 Å². The summed E-state index contributed by atoms with van der Waals surface area (Å²) in [4.78, 5) is 11.5. The first kappa shape index (κ1) is 13.4. The summed E-state index contributed by atoms with van der Waals surface area (Å²) in [6, 6.07) is 20.1. The molecule has 0 atom stereocenters. The molecule has 0 unspecified atom stereocenters. The van der Waals surface area contributed by atoms with E-state index in [1.165, 1.54) is 29.0 Å². The number of benzene rings is 3. The average Bonchev–Trinajstić information content (AvgIpc) is 2.55. The lowest BCUT2D eigenvalue weighted by molar-refractivity contribution is 0.0601. The number of carbonyl (C=O) groups excluding carboxylic acids is 1. The quantitative estimate of drug-likeness (QED) is 0.639. The smallest absolute Gasteiger partial charge is 0.337 e. The van der Waals surface area contributed by atoms with Gasteiger partial charge in [-0.25, -0.2) is 4.79 Å². The van der Waals surface area contributed by atoms with E-state index in [1.54, 1.807) is 12.1 Å². The van der Waals surface area contributed by atoms with E-state index in [0.29, 0.717) is 5.56 Å². The van der Waals surface area contributed by atoms with Crippen LogP contribution in [0.4, 0.5) is 0 Å². The third kappa shape index (κ3) is 2.40. The third-order valence-corrected chi connectivity index (χ3v) is 3.82. The normalized spacial score (nSPS) is 10.6. The van der Waals surface area contributed by atoms with E-state index < -0.39 is 0 Å². The topological polar surface area (TPSA) is 26.3 Å². The first-order valence-corrected chi connectivity index (χ1v) is 6.88. The van der Waals surface area contributed by atoms with Crippen molar-refractivity contribution in [3.05, 3.63) is 71.8 Å². The predicted octanol–water partition coefficient (Wildman–Crippen LogP) is 4.60. The van der Waals surface area contributed by atoms with Crippen LogP contribution in [-0.2, 0) is 4.74 Å². The van der Waals surface area contributed by atoms with Crippen LogP contribution in [-0.4, -0.2) is 13.1 Å². The summed E-state index contributed by atoms with van der Waals surface area (Å²) in [6.45, 7) is 2.13. The minimum Gasteiger partial charge on any atom is -0.465 e. The number of ether oxygens (including phenoxy) is 1. The summed E-state index contributed by atoms with van der Waals surface area (Å²) in [7, 11) is 1.39. The molecule has 0 amide bonds. The Morgan fingerprint density at radius 1 is 0.905 bits per heavy atom. The van der Waals surface area contributed by atoms with Gasteiger partial charge in [0.2, 0.25) is 0 Å². The maximum Gasteiger partial charge on any atom is 0.337 e. The molecule has 0 aromatic heterocycles. The van der Waals surface area contributed by atoms with Crippen LogP contribution in [0.25, 0.3) is 21.9 Å². The van der Waals surface area contributed by atoms with E-state index in [-0.39, 0.29) is 5.97 Å². The maximum absolute atomic E-state index is 11.5. The van der Waals surface area contributed by atoms with Gasteiger partial charge in [0.1, 0.15) is 0 Å². The van der Waals surface area contributed by atoms with E-state index in [4.69, 9.17) is 4.74 Å². The van der Waals surface area contributed by atoms with Crippen LogP contribution in [0.15, 0.2) is 60.7 Å². The van der Waals surface area contributed by atoms with Crippen molar-refractivity contribution in [3.8, 4) is 11.1 Å². The van der Waals surface area contributed by atoms with Crippen LogP contribution in [0, 0.1) is 6.92 Å². The summed E-state index contributed by atoms with van der Waals surface area (Å²) in [5.74, 6) is -0.309. The van der Waals surface area contributed by atoms with Crippen molar-refractivity contribution < 1.29 is 9.53 Å². The van der Waals surface area contributed by atoms with Crippen LogP contribution in [0.1, 0.15) is 15.9 Å². The number of fused-ring (bicyclic) bond motifs is 1. The molecule has 3 rings (SSSR count). The van der Waals surface area contributed by atoms with Gasteiger partial charge >= 0.3 is 5.97 Å². The van der Waals surface area contributed by atoms with Crippen molar-refractivity contribution in [3.63, 3.8) is 0 Å². The van der Waals surface area contributed by atoms with Gasteiger partial charge in [-0.1, -0.05) is 48.5 Å². The Bertz CT molecular complexity index is 801. The van der Waals surface area contributed by atoms with Gasteiger partial charge in [0.15, 0.2) is 0 Å². The second kappa shape index (κ2) is 5.41. The molecule has 0 aliphatic carbocycles. The standard InChI is InChI=1S/C19H16O2/c1-13-17-6-4-3-5-14(17)11-12-18(13)15-7-9-16(10-8-15)19(20)21-2/h3-12H,1-2H3. The monoisotopic (exact) mass is 276 g/mol. The molecule has 3 aromatic rings. The second-order valence-electron chi connectivity index (χ2n) is 5.03. The van der Waals surface area contributed by atoms with Crippen LogP contribution >= 0.6 is 0 Å². The largest absolute Gasteiger partial charge is 0.465 e. The fraction of sp³-hybridized carbons (Fsp3) is 0.105. The van der Waals surface area contributed by atoms with Crippen molar-refractivity contribution in [2.45, 2.75) is 6.92 Å². The molecule has 0 bridgehead atoms. The van der Waals surface area contributed by atoms with Crippen LogP contribution in [0.2, 0.25) is 0 Å². The highest BCUT2D eigenvalue weighted by atomic mass is 16.5. The zero-order valence-electron chi connectivity index (χ0n) is 12.1. The number of rotatable bonds is 2. The van der Waals surface area contributed by atoms with Crippen molar-refractivity contribution in [2.75, 3.05) is 7.11 Å². The number of carbonyl (C=O) groups is 1. The Morgan fingerprint density at radius 3 is 2.33 bits per heavy atom. The summed E-state index contributed by atoms with van der Waals surface area (Å²) in [5.41, 5.74) is 4.11. The molecule has 0 spiro atoms. The Hall–Kier alpha value is -2.61. The Balaban J connectivity index is 2.08. The fourth-order valence-corrected chi connectivity index (χ4v) is 2.64. The maximum atomic E-state index is 11.5. The molecule has 0 aliphatic rings. The molecular formula is C19H16O2. The molecular weight excluding hydrogens is 260 g/mol. The van der Waals surface area contributed by atoms with Crippen molar-refractivity contribution in [1.29, 1.82) is 0 Å². The molecule has 2 heteroatoms. The molecule has 21 heavy (non-hydrogen) atoms. The summed E-state index contributed by atoms with van der Waals surface area (Å²) in [5, 5.41) is 2.50. The highest BCUT2D eigenvalue weighted by molar-refractivity contribution is 5.93. The van der Waals surface area contributed by atoms with E-state index >= 15 is 0 Å². The molecule has 0 aliphatic heterocycles. The summed E-state index contributed by atoms with van der Waals surface area (Å²) < 4.78 is 4.72. The molecule has 0 saturated carbocycles. The first-order valence-electron chi connectivity index (χ1n) is 6.88. The molecule has 0 N–H and O–H groups in total. The number of hydrogen-bond donors (Lipinski definition) is 0. The second-order valence-corrected chi connectivity index (χ2v) is 5.03. The van der Waals surface area contributed by atoms with Gasteiger partial charge in [-0.05, 0) is 46.5 Å². The number of hydrogen-bond acceptors (Lipinski definition) is 2. The Morgan fingerprint density at radius 2 is 1.62 bits per heavy atom. The Labute approximate surface area is 124 Å². The fourth-order valence-electron chi connectivity index (χ4n) is 2.64. The van der Waals surface area contributed by atoms with Gasteiger partial charge in [0, 0.05) is 0 Å². The lowest BCUT2D eigenvalue weighted by Crippen LogP contribution is -2.00. The predicted molar refractivity (Wildman–Crippen MR) is 85.5 cm³/mol. The number of aryl methyl sites for hydroxylation is 1. The van der Waals surface area contributed by atoms with Gasteiger partial charge in [-0.15, -0.1) is 0 Å². The number of methoxy groups -OCH3 is 1. The van der Waals surface area contributed by atoms with Crippen molar-refractivity contribution in [1.82, 2.24) is 0 Å². The summed E-state index contributed by atoms with van der Waals surface area (Å²) >= 11 is 0. The average molecular weight is 276 g/mol. The lowest BCUT2D eigenvalue weighted by Gasteiger charge is -2.10. The van der Waals surface area contributed by atoms with Crippen molar-refractivity contribution >= 4 is 16.7 Å². The summed E-state index contributed by atoms with van der Waals surface area (Å²) in [6.07, 6.45) is 0. The van der Waals surface area contributed by atoms with Gasteiger partial charge in [-0.3, -0.25) is 0 Å². The van der Waals surface area contributed by atoms with Crippen LogP contribution < -0.4 is 0 Å². The van der Waals surface area contributed by atoms with E-state index in [2.05, 4.69) is 37.3 Å². The molecule has 3 aromatic carbocycles. The highest BCUT2D eigenvalue weighted by Crippen LogP contribution is 2.29. The molecule has 2 nitrogen and oxygen atoms in total. The van der Waals surface area contributed by atoms with Crippen molar-refractivity contribution in [2.24, 2.45) is 0 Å². The molecule has 0 radical (unpaired) electrons. The van der Waals surface area contributed by atoms with Gasteiger partial charge in [0.25, 0.3) is 0 Å². The van der Waals surface area contributed by atoms with Crippen LogP contribution in [0.3, 0.4) is 0 Å². The lowest BCUT2D eigenvalue weighted by atomic mass is 9.95. The number of esters is 1. The molecule has 104 valence electrons. The van der Waals surface area contributed by atoms with Gasteiger partial charge in [0.05, 0.1) is 12.7 Å². The molecule has 0 saturated heterocycles. The van der Waals surface area contributed by atoms with Crippen LogP contribution in [0.5, 0.6) is 0 Å². The third-order valence-electron chi connectivity index (χ3n) is 3.82. The molecule has 0 fully saturated rings. The molecule has 0 heterocycles. The van der Waals surface area contributed by atoms with E-state index in [0.717, 1.165) is 5.56 Å². The van der Waals surface area contributed by atoms with Gasteiger partial charge < -0.3 is 4.74 Å². The van der Waals surface area contributed by atoms with E-state index in [9.17, 15) is 4.79 Å². The first-order chi connectivity index (χ1) is 10.2.